The highest BCUT2D eigenvalue weighted by Gasteiger charge is 2.18. The maximum Gasteiger partial charge on any atom is 0.224 e. The molecule has 184 valence electrons. The van der Waals surface area contributed by atoms with Crippen LogP contribution in [0, 0.1) is 0 Å². The topological polar surface area (TPSA) is 46.9 Å². The lowest BCUT2D eigenvalue weighted by Gasteiger charge is -2.16. The maximum atomic E-state index is 12.7. The van der Waals surface area contributed by atoms with Crippen molar-refractivity contribution in [3.05, 3.63) is 64.9 Å². The van der Waals surface area contributed by atoms with Crippen LogP contribution in [0.15, 0.2) is 48.5 Å². The number of hydrogen-bond acceptors (Lipinski definition) is 2. The molecule has 0 spiro atoms. The molecule has 5 heteroatoms. The first-order valence-electron chi connectivity index (χ1n) is 13.1. The van der Waals surface area contributed by atoms with E-state index in [0.717, 1.165) is 35.4 Å². The molecule has 1 aromatic heterocycles. The van der Waals surface area contributed by atoms with Crippen molar-refractivity contribution < 1.29 is 4.79 Å². The van der Waals surface area contributed by atoms with Crippen LogP contribution in [0.5, 0.6) is 0 Å². The van der Waals surface area contributed by atoms with Crippen molar-refractivity contribution in [1.29, 1.82) is 0 Å². The molecular formula is C29H40ClN3O. The second-order valence-electron chi connectivity index (χ2n) is 9.38. The molecule has 34 heavy (non-hydrogen) atoms. The molecule has 1 heterocycles. The second-order valence-corrected chi connectivity index (χ2v) is 9.82. The van der Waals surface area contributed by atoms with E-state index in [1.54, 1.807) is 0 Å². The Kier molecular flexibility index (Phi) is 10.9. The number of nitrogens with one attached hydrogen (secondary N) is 1. The highest BCUT2D eigenvalue weighted by atomic mass is 35.5. The zero-order valence-corrected chi connectivity index (χ0v) is 21.6. The zero-order valence-electron chi connectivity index (χ0n) is 20.9. The molecule has 0 aliphatic rings. The van der Waals surface area contributed by atoms with Crippen molar-refractivity contribution in [3.63, 3.8) is 0 Å². The van der Waals surface area contributed by atoms with E-state index >= 15 is 0 Å². The standard InChI is InChI=1S/C29H40ClN3O/c1-3-4-5-6-7-8-9-10-11-14-21-33-27-16-13-12-15-26(27)32-29(33)23(2)31-28(34)22-24-17-19-25(30)20-18-24/h12-13,15-20,23H,3-11,14,21-22H2,1-2H3,(H,31,34). The number of aryl methyl sites for hydroxylation is 1. The molecule has 0 saturated carbocycles. The summed E-state index contributed by atoms with van der Waals surface area (Å²) in [6.07, 6.45) is 13.5. The summed E-state index contributed by atoms with van der Waals surface area (Å²) in [6.45, 7) is 5.23. The van der Waals surface area contributed by atoms with Crippen LogP contribution in [-0.2, 0) is 17.8 Å². The Balaban J connectivity index is 1.52. The zero-order chi connectivity index (χ0) is 24.2. The van der Waals surface area contributed by atoms with Crippen molar-refractivity contribution in [2.75, 3.05) is 0 Å². The number of carbonyl (C=O) groups is 1. The number of para-hydroxylation sites is 2. The van der Waals surface area contributed by atoms with Crippen LogP contribution < -0.4 is 5.32 Å². The summed E-state index contributed by atoms with van der Waals surface area (Å²) < 4.78 is 2.30. The Hall–Kier alpha value is -2.33. The number of amides is 1. The minimum Gasteiger partial charge on any atom is -0.346 e. The van der Waals surface area contributed by atoms with Gasteiger partial charge in [0, 0.05) is 11.6 Å². The number of nitrogens with zero attached hydrogens (tertiary/aromatic N) is 2. The number of carbonyl (C=O) groups excluding carboxylic acids is 1. The number of aromatic nitrogens is 2. The summed E-state index contributed by atoms with van der Waals surface area (Å²) in [5.41, 5.74) is 3.09. The van der Waals surface area contributed by atoms with Crippen molar-refractivity contribution in [2.24, 2.45) is 0 Å². The van der Waals surface area contributed by atoms with Gasteiger partial charge in [0.2, 0.25) is 5.91 Å². The van der Waals surface area contributed by atoms with E-state index in [1.165, 1.54) is 57.8 Å². The van der Waals surface area contributed by atoms with Crippen LogP contribution >= 0.6 is 11.6 Å². The highest BCUT2D eigenvalue weighted by molar-refractivity contribution is 6.30. The average Bonchev–Trinajstić information content (AvgIpc) is 3.20. The third kappa shape index (κ3) is 8.16. The van der Waals surface area contributed by atoms with E-state index in [1.807, 2.05) is 37.3 Å². The summed E-state index contributed by atoms with van der Waals surface area (Å²) in [5, 5.41) is 3.82. The van der Waals surface area contributed by atoms with E-state index in [-0.39, 0.29) is 11.9 Å². The molecule has 3 aromatic rings. The molecule has 1 N–H and O–H groups in total. The number of halogens is 1. The fourth-order valence-corrected chi connectivity index (χ4v) is 4.69. The third-order valence-electron chi connectivity index (χ3n) is 6.46. The van der Waals surface area contributed by atoms with Gasteiger partial charge in [-0.25, -0.2) is 4.98 Å². The van der Waals surface area contributed by atoms with Crippen LogP contribution in [0.3, 0.4) is 0 Å². The van der Waals surface area contributed by atoms with Crippen LogP contribution in [0.4, 0.5) is 0 Å². The fraction of sp³-hybridized carbons (Fsp3) is 0.517. The quantitative estimate of drug-likeness (QED) is 0.223. The summed E-state index contributed by atoms with van der Waals surface area (Å²) in [5.74, 6) is 0.925. The molecule has 1 amide bonds. The summed E-state index contributed by atoms with van der Waals surface area (Å²) >= 11 is 5.96. The smallest absolute Gasteiger partial charge is 0.224 e. The lowest BCUT2D eigenvalue weighted by atomic mass is 10.1. The Morgan fingerprint density at radius 3 is 2.21 bits per heavy atom. The summed E-state index contributed by atoms with van der Waals surface area (Å²) in [6, 6.07) is 15.5. The largest absolute Gasteiger partial charge is 0.346 e. The van der Waals surface area contributed by atoms with Gasteiger partial charge in [0.1, 0.15) is 5.82 Å². The van der Waals surface area contributed by atoms with E-state index < -0.39 is 0 Å². The molecule has 0 saturated heterocycles. The Morgan fingerprint density at radius 2 is 1.53 bits per heavy atom. The van der Waals surface area contributed by atoms with Gasteiger partial charge in [-0.3, -0.25) is 4.79 Å². The van der Waals surface area contributed by atoms with E-state index in [4.69, 9.17) is 16.6 Å². The van der Waals surface area contributed by atoms with E-state index in [2.05, 4.69) is 35.0 Å². The molecule has 0 aliphatic heterocycles. The molecule has 4 nitrogen and oxygen atoms in total. The van der Waals surface area contributed by atoms with Crippen molar-refractivity contribution >= 4 is 28.5 Å². The van der Waals surface area contributed by atoms with Gasteiger partial charge in [-0.15, -0.1) is 0 Å². The minimum atomic E-state index is -0.157. The van der Waals surface area contributed by atoms with Crippen molar-refractivity contribution in [3.8, 4) is 0 Å². The summed E-state index contributed by atoms with van der Waals surface area (Å²) in [4.78, 5) is 17.5. The molecular weight excluding hydrogens is 442 g/mol. The van der Waals surface area contributed by atoms with Crippen molar-refractivity contribution in [1.82, 2.24) is 14.9 Å². The Morgan fingerprint density at radius 1 is 0.912 bits per heavy atom. The molecule has 3 rings (SSSR count). The van der Waals surface area contributed by atoms with Crippen molar-refractivity contribution in [2.45, 2.75) is 97.1 Å². The number of unbranched alkanes of at least 4 members (excludes halogenated alkanes) is 9. The molecule has 0 radical (unpaired) electrons. The normalized spacial score (nSPS) is 12.2. The van der Waals surface area contributed by atoms with Gasteiger partial charge in [-0.2, -0.15) is 0 Å². The molecule has 0 aliphatic carbocycles. The second kappa shape index (κ2) is 14.2. The number of imidazole rings is 1. The van der Waals surface area contributed by atoms with Crippen LogP contribution in [0.1, 0.15) is 95.5 Å². The Labute approximate surface area is 210 Å². The van der Waals surface area contributed by atoms with Gasteiger partial charge in [-0.1, -0.05) is 101 Å². The van der Waals surface area contributed by atoms with Gasteiger partial charge in [-0.05, 0) is 43.2 Å². The third-order valence-corrected chi connectivity index (χ3v) is 6.71. The molecule has 1 unspecified atom stereocenters. The van der Waals surface area contributed by atoms with Crippen LogP contribution in [-0.4, -0.2) is 15.5 Å². The monoisotopic (exact) mass is 481 g/mol. The SMILES string of the molecule is CCCCCCCCCCCCn1c(C(C)NC(=O)Cc2ccc(Cl)cc2)nc2ccccc21. The van der Waals surface area contributed by atoms with Crippen LogP contribution in [0.25, 0.3) is 11.0 Å². The first kappa shape index (κ1) is 26.3. The molecule has 1 atom stereocenters. The van der Waals surface area contributed by atoms with Gasteiger partial charge in [0.25, 0.3) is 0 Å². The summed E-state index contributed by atoms with van der Waals surface area (Å²) in [7, 11) is 0. The van der Waals surface area contributed by atoms with Crippen LogP contribution in [0.2, 0.25) is 5.02 Å². The minimum absolute atomic E-state index is 0.00707. The lowest BCUT2D eigenvalue weighted by molar-refractivity contribution is -0.121. The predicted molar refractivity (Wildman–Crippen MR) is 143 cm³/mol. The van der Waals surface area contributed by atoms with E-state index in [0.29, 0.717) is 11.4 Å². The first-order valence-corrected chi connectivity index (χ1v) is 13.4. The number of hydrogen-bond donors (Lipinski definition) is 1. The maximum absolute atomic E-state index is 12.7. The first-order chi connectivity index (χ1) is 16.6. The Bertz CT molecular complexity index is 1010. The predicted octanol–water partition coefficient (Wildman–Crippen LogP) is 8.03. The van der Waals surface area contributed by atoms with E-state index in [9.17, 15) is 4.79 Å². The molecule has 0 fully saturated rings. The molecule has 2 aromatic carbocycles. The average molecular weight is 482 g/mol. The fourth-order valence-electron chi connectivity index (χ4n) is 4.56. The molecule has 0 bridgehead atoms. The number of rotatable bonds is 15. The van der Waals surface area contributed by atoms with Gasteiger partial charge in [0.15, 0.2) is 0 Å². The van der Waals surface area contributed by atoms with Gasteiger partial charge < -0.3 is 9.88 Å². The van der Waals surface area contributed by atoms with Gasteiger partial charge >= 0.3 is 0 Å². The highest BCUT2D eigenvalue weighted by Crippen LogP contribution is 2.22. The number of benzene rings is 2. The van der Waals surface area contributed by atoms with Gasteiger partial charge in [0.05, 0.1) is 23.5 Å². The lowest BCUT2D eigenvalue weighted by Crippen LogP contribution is -2.30. The number of fused-ring (bicyclic) bond motifs is 1.